The summed E-state index contributed by atoms with van der Waals surface area (Å²) in [6.45, 7) is 6.59. The number of pyridine rings is 1. The second-order valence-electron chi connectivity index (χ2n) is 8.00. The second-order valence-corrected chi connectivity index (χ2v) is 8.41. The quantitative estimate of drug-likeness (QED) is 0.403. The Balaban J connectivity index is 1.60. The van der Waals surface area contributed by atoms with E-state index in [1.165, 1.54) is 11.6 Å². The summed E-state index contributed by atoms with van der Waals surface area (Å²) in [4.78, 5) is 12.0. The average molecular weight is 406 g/mol. The van der Waals surface area contributed by atoms with Gasteiger partial charge in [-0.1, -0.05) is 62.7 Å². The molecule has 146 valence electrons. The van der Waals surface area contributed by atoms with Gasteiger partial charge in [-0.3, -0.25) is 4.98 Å². The summed E-state index contributed by atoms with van der Waals surface area (Å²) in [6.07, 6.45) is 3.44. The van der Waals surface area contributed by atoms with E-state index in [0.29, 0.717) is 10.8 Å². The Morgan fingerprint density at radius 2 is 1.59 bits per heavy atom. The van der Waals surface area contributed by atoms with Crippen LogP contribution in [0.5, 0.6) is 0 Å². The van der Waals surface area contributed by atoms with Crippen molar-refractivity contribution in [2.24, 2.45) is 0 Å². The Hall–Kier alpha value is -2.98. The first kappa shape index (κ1) is 19.3. The maximum Gasteiger partial charge on any atom is 0.142 e. The SMILES string of the molecule is CC(C)(C)c1ccc(-c2ccc(-c3cnc(-c4c(F)cccc4Cl)[nH]3)cn2)cc1. The van der Waals surface area contributed by atoms with Crippen LogP contribution in [-0.2, 0) is 5.41 Å². The average Bonchev–Trinajstić information content (AvgIpc) is 3.17. The summed E-state index contributed by atoms with van der Waals surface area (Å²) in [6, 6.07) is 17.0. The first-order valence-electron chi connectivity index (χ1n) is 9.39. The fourth-order valence-corrected chi connectivity index (χ4v) is 3.44. The first-order valence-corrected chi connectivity index (χ1v) is 9.77. The number of halogens is 2. The van der Waals surface area contributed by atoms with Crippen molar-refractivity contribution in [3.63, 3.8) is 0 Å². The van der Waals surface area contributed by atoms with E-state index >= 15 is 0 Å². The molecule has 3 nitrogen and oxygen atoms in total. The lowest BCUT2D eigenvalue weighted by Crippen LogP contribution is -2.10. The lowest BCUT2D eigenvalue weighted by atomic mass is 9.86. The first-order chi connectivity index (χ1) is 13.8. The van der Waals surface area contributed by atoms with Gasteiger partial charge in [0, 0.05) is 17.3 Å². The maximum atomic E-state index is 14.1. The Kier molecular flexibility index (Phi) is 4.97. The summed E-state index contributed by atoms with van der Waals surface area (Å²) in [5, 5.41) is 0.318. The number of imidazole rings is 1. The molecule has 0 radical (unpaired) electrons. The van der Waals surface area contributed by atoms with E-state index in [1.807, 2.05) is 12.1 Å². The van der Waals surface area contributed by atoms with E-state index in [0.717, 1.165) is 22.5 Å². The number of aromatic nitrogens is 3. The molecule has 2 heterocycles. The third kappa shape index (κ3) is 3.94. The van der Waals surface area contributed by atoms with E-state index < -0.39 is 5.82 Å². The third-order valence-electron chi connectivity index (χ3n) is 4.90. The molecule has 0 atom stereocenters. The standard InChI is InChI=1S/C24H21ClFN3/c1-24(2,3)17-10-7-15(8-11-17)20-12-9-16(13-27-20)21-14-28-23(29-21)22-18(25)5-4-6-19(22)26/h4-14H,1-3H3,(H,28,29). The van der Waals surface area contributed by atoms with Crippen LogP contribution >= 0.6 is 11.6 Å². The molecule has 0 spiro atoms. The Bertz CT molecular complexity index is 1120. The summed E-state index contributed by atoms with van der Waals surface area (Å²) in [5.41, 5.74) is 5.25. The minimum Gasteiger partial charge on any atom is -0.338 e. The van der Waals surface area contributed by atoms with Crippen molar-refractivity contribution in [3.05, 3.63) is 83.4 Å². The van der Waals surface area contributed by atoms with Crippen LogP contribution < -0.4 is 0 Å². The third-order valence-corrected chi connectivity index (χ3v) is 5.21. The van der Waals surface area contributed by atoms with Gasteiger partial charge in [0.1, 0.15) is 11.6 Å². The Morgan fingerprint density at radius 1 is 0.862 bits per heavy atom. The zero-order valence-electron chi connectivity index (χ0n) is 16.5. The molecular weight excluding hydrogens is 385 g/mol. The number of benzene rings is 2. The van der Waals surface area contributed by atoms with E-state index in [9.17, 15) is 4.39 Å². The molecule has 0 bridgehead atoms. The molecule has 1 N–H and O–H groups in total. The van der Waals surface area contributed by atoms with Crippen molar-refractivity contribution in [1.82, 2.24) is 15.0 Å². The van der Waals surface area contributed by atoms with E-state index in [1.54, 1.807) is 24.5 Å². The number of hydrogen-bond acceptors (Lipinski definition) is 2. The van der Waals surface area contributed by atoms with E-state index in [2.05, 4.69) is 60.0 Å². The van der Waals surface area contributed by atoms with Gasteiger partial charge >= 0.3 is 0 Å². The van der Waals surface area contributed by atoms with Gasteiger partial charge in [-0.2, -0.15) is 0 Å². The van der Waals surface area contributed by atoms with Crippen molar-refractivity contribution < 1.29 is 4.39 Å². The van der Waals surface area contributed by atoms with E-state index in [-0.39, 0.29) is 11.0 Å². The lowest BCUT2D eigenvalue weighted by molar-refractivity contribution is 0.590. The van der Waals surface area contributed by atoms with E-state index in [4.69, 9.17) is 11.6 Å². The smallest absolute Gasteiger partial charge is 0.142 e. The molecule has 0 saturated carbocycles. The topological polar surface area (TPSA) is 41.6 Å². The molecule has 4 rings (SSSR count). The predicted molar refractivity (Wildman–Crippen MR) is 116 cm³/mol. The number of nitrogens with one attached hydrogen (secondary N) is 1. The molecule has 29 heavy (non-hydrogen) atoms. The molecule has 5 heteroatoms. The molecule has 2 aromatic carbocycles. The summed E-state index contributed by atoms with van der Waals surface area (Å²) >= 11 is 6.13. The number of rotatable bonds is 3. The minimum atomic E-state index is -0.412. The lowest BCUT2D eigenvalue weighted by Gasteiger charge is -2.19. The number of nitrogens with zero attached hydrogens (tertiary/aromatic N) is 2. The van der Waals surface area contributed by atoms with Gasteiger partial charge in [0.25, 0.3) is 0 Å². The number of aromatic amines is 1. The zero-order valence-corrected chi connectivity index (χ0v) is 17.3. The van der Waals surface area contributed by atoms with Gasteiger partial charge in [-0.05, 0) is 35.2 Å². The van der Waals surface area contributed by atoms with Gasteiger partial charge in [0.2, 0.25) is 0 Å². The molecule has 0 saturated heterocycles. The second kappa shape index (κ2) is 7.45. The molecular formula is C24H21ClFN3. The van der Waals surface area contributed by atoms with Crippen LogP contribution in [0.1, 0.15) is 26.3 Å². The van der Waals surface area contributed by atoms with Crippen LogP contribution in [0.4, 0.5) is 4.39 Å². The highest BCUT2D eigenvalue weighted by Gasteiger charge is 2.15. The fourth-order valence-electron chi connectivity index (χ4n) is 3.18. The van der Waals surface area contributed by atoms with Gasteiger partial charge in [-0.25, -0.2) is 9.37 Å². The van der Waals surface area contributed by atoms with Crippen LogP contribution in [0.15, 0.2) is 67.0 Å². The predicted octanol–water partition coefficient (Wildman–Crippen LogP) is 6.90. The van der Waals surface area contributed by atoms with Crippen molar-refractivity contribution >= 4 is 11.6 Å². The summed E-state index contributed by atoms with van der Waals surface area (Å²) in [7, 11) is 0. The van der Waals surface area contributed by atoms with Gasteiger partial charge < -0.3 is 4.98 Å². The zero-order chi connectivity index (χ0) is 20.6. The van der Waals surface area contributed by atoms with Crippen molar-refractivity contribution in [1.29, 1.82) is 0 Å². The van der Waals surface area contributed by atoms with Crippen LogP contribution in [-0.4, -0.2) is 15.0 Å². The summed E-state index contributed by atoms with van der Waals surface area (Å²) in [5.74, 6) is -0.0180. The van der Waals surface area contributed by atoms with Crippen molar-refractivity contribution in [3.8, 4) is 33.9 Å². The fraction of sp³-hybridized carbons (Fsp3) is 0.167. The molecule has 0 aliphatic rings. The van der Waals surface area contributed by atoms with Gasteiger partial charge in [0.05, 0.1) is 28.2 Å². The largest absolute Gasteiger partial charge is 0.338 e. The molecule has 2 aromatic heterocycles. The Morgan fingerprint density at radius 3 is 2.21 bits per heavy atom. The Labute approximate surface area is 174 Å². The molecule has 0 aliphatic heterocycles. The van der Waals surface area contributed by atoms with Crippen LogP contribution in [0, 0.1) is 5.82 Å². The molecule has 0 unspecified atom stereocenters. The highest BCUT2D eigenvalue weighted by molar-refractivity contribution is 6.33. The highest BCUT2D eigenvalue weighted by atomic mass is 35.5. The van der Waals surface area contributed by atoms with Crippen LogP contribution in [0.25, 0.3) is 33.9 Å². The van der Waals surface area contributed by atoms with Crippen molar-refractivity contribution in [2.75, 3.05) is 0 Å². The molecule has 0 fully saturated rings. The highest BCUT2D eigenvalue weighted by Crippen LogP contribution is 2.31. The number of H-pyrrole nitrogens is 1. The minimum absolute atomic E-state index is 0.120. The van der Waals surface area contributed by atoms with Crippen LogP contribution in [0.2, 0.25) is 5.02 Å². The number of hydrogen-bond donors (Lipinski definition) is 1. The van der Waals surface area contributed by atoms with Gasteiger partial charge in [-0.15, -0.1) is 0 Å². The summed E-state index contributed by atoms with van der Waals surface area (Å²) < 4.78 is 14.1. The normalized spacial score (nSPS) is 11.6. The molecule has 0 amide bonds. The van der Waals surface area contributed by atoms with Gasteiger partial charge in [0.15, 0.2) is 0 Å². The molecule has 4 aromatic rings. The maximum absolute atomic E-state index is 14.1. The van der Waals surface area contributed by atoms with Crippen LogP contribution in [0.3, 0.4) is 0 Å². The van der Waals surface area contributed by atoms with Crippen molar-refractivity contribution in [2.45, 2.75) is 26.2 Å². The monoisotopic (exact) mass is 405 g/mol. The molecule has 0 aliphatic carbocycles.